The lowest BCUT2D eigenvalue weighted by Crippen LogP contribution is -2.41. The van der Waals surface area contributed by atoms with Crippen LogP contribution in [0.15, 0.2) is 24.3 Å². The average Bonchev–Trinajstić information content (AvgIpc) is 3.22. The topological polar surface area (TPSA) is 86.5 Å². The molecule has 2 fully saturated rings. The monoisotopic (exact) mass is 411 g/mol. The number of aryl methyl sites for hydroxylation is 1. The van der Waals surface area contributed by atoms with Crippen molar-refractivity contribution in [2.45, 2.75) is 70.4 Å². The van der Waals surface area contributed by atoms with E-state index < -0.39 is 0 Å². The van der Waals surface area contributed by atoms with Crippen LogP contribution in [0.1, 0.15) is 57.1 Å². The number of nitrogen functional groups attached to an aromatic ring is 1. The maximum Gasteiger partial charge on any atom is 0.246 e. The van der Waals surface area contributed by atoms with Gasteiger partial charge in [0.25, 0.3) is 0 Å². The molecule has 6 heteroatoms. The lowest BCUT2D eigenvalue weighted by molar-refractivity contribution is -0.127. The summed E-state index contributed by atoms with van der Waals surface area (Å²) in [5.41, 5.74) is 8.71. The number of aromatic nitrogens is 1. The Bertz CT molecular complexity index is 871. The Morgan fingerprint density at radius 2 is 1.93 bits per heavy atom. The smallest absolute Gasteiger partial charge is 0.246 e. The highest BCUT2D eigenvalue weighted by Gasteiger charge is 2.24. The SMILES string of the molecule is Cc1cc(N)c2c(O[C@H]3CC[C@H](NC(=O)COCC4CCCC4)CC3)cccc2n1. The number of pyridine rings is 1. The molecule has 1 aromatic carbocycles. The molecule has 0 bridgehead atoms. The molecule has 0 unspecified atom stereocenters. The van der Waals surface area contributed by atoms with Gasteiger partial charge in [-0.1, -0.05) is 18.9 Å². The highest BCUT2D eigenvalue weighted by molar-refractivity contribution is 5.95. The summed E-state index contributed by atoms with van der Waals surface area (Å²) in [6, 6.07) is 7.98. The molecule has 1 heterocycles. The number of carbonyl (C=O) groups is 1. The predicted molar refractivity (Wildman–Crippen MR) is 118 cm³/mol. The number of nitrogens with two attached hydrogens (primary N) is 1. The molecule has 30 heavy (non-hydrogen) atoms. The number of rotatable bonds is 7. The van der Waals surface area contributed by atoms with Crippen molar-refractivity contribution in [3.05, 3.63) is 30.0 Å². The van der Waals surface area contributed by atoms with Crippen LogP contribution >= 0.6 is 0 Å². The molecule has 2 aromatic rings. The number of hydrogen-bond acceptors (Lipinski definition) is 5. The largest absolute Gasteiger partial charge is 0.490 e. The third kappa shape index (κ3) is 5.22. The summed E-state index contributed by atoms with van der Waals surface area (Å²) in [6.07, 6.45) is 8.84. The summed E-state index contributed by atoms with van der Waals surface area (Å²) < 4.78 is 11.9. The van der Waals surface area contributed by atoms with Gasteiger partial charge in [0.05, 0.1) is 23.6 Å². The zero-order valence-electron chi connectivity index (χ0n) is 17.9. The molecule has 0 atom stereocenters. The molecule has 6 nitrogen and oxygen atoms in total. The van der Waals surface area contributed by atoms with Crippen molar-refractivity contribution in [3.8, 4) is 5.75 Å². The maximum absolute atomic E-state index is 12.2. The van der Waals surface area contributed by atoms with Crippen LogP contribution < -0.4 is 15.8 Å². The minimum absolute atomic E-state index is 0.000589. The second-order valence-corrected chi connectivity index (χ2v) is 8.83. The molecular formula is C24H33N3O3. The first-order valence-electron chi connectivity index (χ1n) is 11.3. The minimum Gasteiger partial charge on any atom is -0.490 e. The van der Waals surface area contributed by atoms with Crippen LogP contribution in [0.4, 0.5) is 5.69 Å². The van der Waals surface area contributed by atoms with E-state index in [2.05, 4.69) is 10.3 Å². The number of anilines is 1. The van der Waals surface area contributed by atoms with Crippen LogP contribution in [0.25, 0.3) is 10.9 Å². The van der Waals surface area contributed by atoms with Crippen molar-refractivity contribution in [3.63, 3.8) is 0 Å². The summed E-state index contributed by atoms with van der Waals surface area (Å²) in [5, 5.41) is 4.01. The first-order valence-corrected chi connectivity index (χ1v) is 11.3. The quantitative estimate of drug-likeness (QED) is 0.715. The minimum atomic E-state index is 0.000589. The molecule has 1 aromatic heterocycles. The predicted octanol–water partition coefficient (Wildman–Crippen LogP) is 4.14. The lowest BCUT2D eigenvalue weighted by Gasteiger charge is -2.30. The number of fused-ring (bicyclic) bond motifs is 1. The third-order valence-corrected chi connectivity index (χ3v) is 6.35. The molecule has 0 spiro atoms. The molecule has 2 aliphatic rings. The van der Waals surface area contributed by atoms with Gasteiger partial charge in [0.15, 0.2) is 0 Å². The summed E-state index contributed by atoms with van der Waals surface area (Å²) in [6.45, 7) is 2.84. The molecule has 2 saturated carbocycles. The van der Waals surface area contributed by atoms with E-state index in [0.29, 0.717) is 11.6 Å². The van der Waals surface area contributed by atoms with Gasteiger partial charge in [-0.3, -0.25) is 9.78 Å². The number of nitrogens with zero attached hydrogens (tertiary/aromatic N) is 1. The maximum atomic E-state index is 12.2. The van der Waals surface area contributed by atoms with Gasteiger partial charge in [0, 0.05) is 17.4 Å². The fourth-order valence-electron chi connectivity index (χ4n) is 4.79. The van der Waals surface area contributed by atoms with Crippen molar-refractivity contribution in [1.82, 2.24) is 10.3 Å². The van der Waals surface area contributed by atoms with Crippen molar-refractivity contribution >= 4 is 22.5 Å². The highest BCUT2D eigenvalue weighted by atomic mass is 16.5. The van der Waals surface area contributed by atoms with E-state index in [0.717, 1.165) is 54.6 Å². The molecule has 2 aliphatic carbocycles. The van der Waals surface area contributed by atoms with Gasteiger partial charge in [0.2, 0.25) is 5.91 Å². The Labute approximate surface area is 178 Å². The Kier molecular flexibility index (Phi) is 6.72. The van der Waals surface area contributed by atoms with Crippen molar-refractivity contribution in [2.75, 3.05) is 18.9 Å². The lowest BCUT2D eigenvalue weighted by atomic mass is 9.93. The molecule has 3 N–H and O–H groups in total. The first-order chi connectivity index (χ1) is 14.6. The Morgan fingerprint density at radius 3 is 2.70 bits per heavy atom. The number of benzene rings is 1. The van der Waals surface area contributed by atoms with E-state index in [1.54, 1.807) is 0 Å². The summed E-state index contributed by atoms with van der Waals surface area (Å²) in [7, 11) is 0. The van der Waals surface area contributed by atoms with E-state index in [4.69, 9.17) is 15.2 Å². The van der Waals surface area contributed by atoms with E-state index in [1.807, 2.05) is 31.2 Å². The van der Waals surface area contributed by atoms with Gasteiger partial charge in [0.1, 0.15) is 12.4 Å². The van der Waals surface area contributed by atoms with Crippen LogP contribution in [-0.4, -0.2) is 36.3 Å². The molecule has 162 valence electrons. The molecule has 0 aliphatic heterocycles. The van der Waals surface area contributed by atoms with Crippen molar-refractivity contribution < 1.29 is 14.3 Å². The van der Waals surface area contributed by atoms with Gasteiger partial charge in [-0.05, 0) is 69.6 Å². The fraction of sp³-hybridized carbons (Fsp3) is 0.583. The van der Waals surface area contributed by atoms with E-state index >= 15 is 0 Å². The normalized spacial score (nSPS) is 22.3. The van der Waals surface area contributed by atoms with Gasteiger partial charge < -0.3 is 20.5 Å². The number of carbonyl (C=O) groups excluding carboxylic acids is 1. The third-order valence-electron chi connectivity index (χ3n) is 6.35. The van der Waals surface area contributed by atoms with Gasteiger partial charge in [-0.2, -0.15) is 0 Å². The fourth-order valence-corrected chi connectivity index (χ4v) is 4.79. The molecular weight excluding hydrogens is 378 g/mol. The molecule has 4 rings (SSSR count). The summed E-state index contributed by atoms with van der Waals surface area (Å²) in [5.74, 6) is 1.44. The average molecular weight is 412 g/mol. The van der Waals surface area contributed by atoms with E-state index in [9.17, 15) is 4.79 Å². The second-order valence-electron chi connectivity index (χ2n) is 8.83. The highest BCUT2D eigenvalue weighted by Crippen LogP contribution is 2.33. The number of hydrogen-bond donors (Lipinski definition) is 2. The zero-order chi connectivity index (χ0) is 20.9. The van der Waals surface area contributed by atoms with Gasteiger partial charge in [-0.25, -0.2) is 0 Å². The van der Waals surface area contributed by atoms with Gasteiger partial charge >= 0.3 is 0 Å². The Balaban J connectivity index is 1.24. The van der Waals surface area contributed by atoms with E-state index in [1.165, 1.54) is 25.7 Å². The number of nitrogens with one attached hydrogen (secondary N) is 1. The summed E-state index contributed by atoms with van der Waals surface area (Å²) >= 11 is 0. The Hall–Kier alpha value is -2.34. The first kappa shape index (κ1) is 20.9. The second kappa shape index (κ2) is 9.65. The molecule has 0 radical (unpaired) electrons. The zero-order valence-corrected chi connectivity index (χ0v) is 17.9. The van der Waals surface area contributed by atoms with Crippen molar-refractivity contribution in [1.29, 1.82) is 0 Å². The van der Waals surface area contributed by atoms with Gasteiger partial charge in [-0.15, -0.1) is 0 Å². The number of ether oxygens (including phenoxy) is 2. The standard InChI is InChI=1S/C24H33N3O3/c1-16-13-20(25)24-21(26-16)7-4-8-22(24)30-19-11-9-18(10-12-19)27-23(28)15-29-14-17-5-2-3-6-17/h4,7-8,13,17-19H,2-3,5-6,9-12,14-15H2,1H3,(H2,25,26)(H,27,28)/t18-,19-. The van der Waals surface area contributed by atoms with Crippen LogP contribution in [0.5, 0.6) is 5.75 Å². The van der Waals surface area contributed by atoms with Crippen molar-refractivity contribution in [2.24, 2.45) is 5.92 Å². The Morgan fingerprint density at radius 1 is 1.17 bits per heavy atom. The molecule has 1 amide bonds. The summed E-state index contributed by atoms with van der Waals surface area (Å²) in [4.78, 5) is 16.7. The van der Waals surface area contributed by atoms with Crippen LogP contribution in [0, 0.1) is 12.8 Å². The molecule has 0 saturated heterocycles. The number of amides is 1. The van der Waals surface area contributed by atoms with Crippen LogP contribution in [0.2, 0.25) is 0 Å². The van der Waals surface area contributed by atoms with E-state index in [-0.39, 0.29) is 24.7 Å². The van der Waals surface area contributed by atoms with Crippen LogP contribution in [0.3, 0.4) is 0 Å². The van der Waals surface area contributed by atoms with Crippen LogP contribution in [-0.2, 0) is 9.53 Å².